The van der Waals surface area contributed by atoms with E-state index in [9.17, 15) is 18.3 Å². The zero-order valence-corrected chi connectivity index (χ0v) is 15.9. The average Bonchev–Trinajstić information content (AvgIpc) is 2.51. The van der Waals surface area contributed by atoms with E-state index in [4.69, 9.17) is 0 Å². The quantitative estimate of drug-likeness (QED) is 0.772. The van der Waals surface area contributed by atoms with Gasteiger partial charge < -0.3 is 20.1 Å². The first-order chi connectivity index (χ1) is 11.4. The van der Waals surface area contributed by atoms with Crippen LogP contribution >= 0.6 is 24.8 Å². The van der Waals surface area contributed by atoms with Gasteiger partial charge in [-0.2, -0.15) is 0 Å². The van der Waals surface area contributed by atoms with Crippen LogP contribution in [0, 0.1) is 0 Å². The predicted octanol–water partition coefficient (Wildman–Crippen LogP) is 3.33. The lowest BCUT2D eigenvalue weighted by Crippen LogP contribution is -2.51. The van der Waals surface area contributed by atoms with E-state index in [-0.39, 0.29) is 36.5 Å². The zero-order valence-electron chi connectivity index (χ0n) is 14.3. The number of hydrogen-bond acceptors (Lipinski definition) is 4. The number of nitrogens with one attached hydrogen (secondary N) is 1. The van der Waals surface area contributed by atoms with Gasteiger partial charge in [-0.1, -0.05) is 12.1 Å². The van der Waals surface area contributed by atoms with Crippen molar-refractivity contribution in [2.45, 2.75) is 37.1 Å². The van der Waals surface area contributed by atoms with Crippen LogP contribution in [-0.2, 0) is 0 Å². The molecule has 0 aromatic heterocycles. The third kappa shape index (κ3) is 5.89. The predicted molar refractivity (Wildman–Crippen MR) is 98.5 cm³/mol. The third-order valence-corrected chi connectivity index (χ3v) is 5.03. The summed E-state index contributed by atoms with van der Waals surface area (Å²) in [5.41, 5.74) is 0.113. The SMILES string of the molecule is Cl.Cl.OC1(C(CN2CCNCC2)c2ccc(OC(F)(F)F)cc2)CCC1. The Morgan fingerprint density at radius 3 is 2.15 bits per heavy atom. The molecule has 2 fully saturated rings. The first-order valence-corrected chi connectivity index (χ1v) is 8.37. The van der Waals surface area contributed by atoms with Crippen molar-refractivity contribution in [1.29, 1.82) is 0 Å². The van der Waals surface area contributed by atoms with E-state index in [1.54, 1.807) is 12.1 Å². The summed E-state index contributed by atoms with van der Waals surface area (Å²) in [4.78, 5) is 2.30. The second kappa shape index (κ2) is 9.46. The van der Waals surface area contributed by atoms with Gasteiger partial charge in [-0.15, -0.1) is 38.0 Å². The minimum absolute atomic E-state index is 0. The maximum absolute atomic E-state index is 12.3. The molecule has 1 aromatic carbocycles. The molecular formula is C17H25Cl2F3N2O2. The molecule has 4 nitrogen and oxygen atoms in total. The van der Waals surface area contributed by atoms with Crippen LogP contribution in [0.15, 0.2) is 24.3 Å². The Hall–Kier alpha value is -0.730. The van der Waals surface area contributed by atoms with Gasteiger partial charge in [-0.25, -0.2) is 0 Å². The smallest absolute Gasteiger partial charge is 0.406 e. The van der Waals surface area contributed by atoms with E-state index in [0.717, 1.165) is 57.5 Å². The standard InChI is InChI=1S/C17H23F3N2O2.2ClH/c18-17(19,20)24-14-4-2-13(3-5-14)15(16(23)6-1-7-16)12-22-10-8-21-9-11-22;;/h2-5,15,21,23H,1,6-12H2;2*1H. The summed E-state index contributed by atoms with van der Waals surface area (Å²) in [5, 5.41) is 14.2. The number of nitrogens with zero attached hydrogens (tertiary/aromatic N) is 1. The number of halogens is 5. The van der Waals surface area contributed by atoms with Crippen molar-refractivity contribution in [2.24, 2.45) is 0 Å². The maximum atomic E-state index is 12.3. The Morgan fingerprint density at radius 1 is 1.12 bits per heavy atom. The van der Waals surface area contributed by atoms with Crippen LogP contribution in [0.25, 0.3) is 0 Å². The molecule has 0 bridgehead atoms. The monoisotopic (exact) mass is 416 g/mol. The Kier molecular flexibility index (Phi) is 8.48. The van der Waals surface area contributed by atoms with E-state index in [2.05, 4.69) is 15.0 Å². The molecule has 1 aliphatic carbocycles. The molecule has 150 valence electrons. The number of ether oxygens (including phenoxy) is 1. The fraction of sp³-hybridized carbons (Fsp3) is 0.647. The highest BCUT2D eigenvalue weighted by Crippen LogP contribution is 2.44. The lowest BCUT2D eigenvalue weighted by molar-refractivity contribution is -0.274. The van der Waals surface area contributed by atoms with Crippen molar-refractivity contribution in [3.63, 3.8) is 0 Å². The van der Waals surface area contributed by atoms with Gasteiger partial charge >= 0.3 is 6.36 Å². The number of benzene rings is 1. The van der Waals surface area contributed by atoms with Crippen LogP contribution < -0.4 is 10.1 Å². The number of alkyl halides is 3. The molecule has 1 aromatic rings. The molecule has 1 heterocycles. The summed E-state index contributed by atoms with van der Waals surface area (Å²) in [7, 11) is 0. The van der Waals surface area contributed by atoms with Gasteiger partial charge in [-0.05, 0) is 37.0 Å². The molecular weight excluding hydrogens is 392 g/mol. The summed E-state index contributed by atoms with van der Waals surface area (Å²) >= 11 is 0. The highest BCUT2D eigenvalue weighted by Gasteiger charge is 2.43. The molecule has 9 heteroatoms. The fourth-order valence-corrected chi connectivity index (χ4v) is 3.53. The van der Waals surface area contributed by atoms with E-state index in [0.29, 0.717) is 0 Å². The second-order valence-corrected chi connectivity index (χ2v) is 6.68. The number of piperazine rings is 1. The zero-order chi connectivity index (χ0) is 17.2. The van der Waals surface area contributed by atoms with E-state index in [1.165, 1.54) is 12.1 Å². The molecule has 1 aliphatic heterocycles. The summed E-state index contributed by atoms with van der Waals surface area (Å²) in [6.07, 6.45) is -2.22. The Balaban J connectivity index is 0.00000169. The molecule has 1 unspecified atom stereocenters. The van der Waals surface area contributed by atoms with Gasteiger partial charge in [0.25, 0.3) is 0 Å². The van der Waals surface area contributed by atoms with E-state index in [1.807, 2.05) is 0 Å². The Labute approximate surface area is 163 Å². The van der Waals surface area contributed by atoms with Gasteiger partial charge in [-0.3, -0.25) is 0 Å². The number of aliphatic hydroxyl groups is 1. The van der Waals surface area contributed by atoms with Crippen LogP contribution in [0.4, 0.5) is 13.2 Å². The molecule has 0 radical (unpaired) electrons. The van der Waals surface area contributed by atoms with Crippen molar-refractivity contribution < 1.29 is 23.0 Å². The highest BCUT2D eigenvalue weighted by molar-refractivity contribution is 5.85. The Bertz CT molecular complexity index is 548. The molecule has 1 atom stereocenters. The van der Waals surface area contributed by atoms with Gasteiger partial charge in [0.2, 0.25) is 0 Å². The molecule has 3 rings (SSSR count). The molecule has 1 saturated carbocycles. The van der Waals surface area contributed by atoms with E-state index < -0.39 is 12.0 Å². The maximum Gasteiger partial charge on any atom is 0.573 e. The highest BCUT2D eigenvalue weighted by atomic mass is 35.5. The topological polar surface area (TPSA) is 44.7 Å². The minimum Gasteiger partial charge on any atom is -0.406 e. The number of hydrogen-bond donors (Lipinski definition) is 2. The summed E-state index contributed by atoms with van der Waals surface area (Å²) in [5.74, 6) is -0.322. The number of rotatable bonds is 5. The summed E-state index contributed by atoms with van der Waals surface area (Å²) in [6, 6.07) is 5.94. The third-order valence-electron chi connectivity index (χ3n) is 5.03. The second-order valence-electron chi connectivity index (χ2n) is 6.68. The lowest BCUT2D eigenvalue weighted by Gasteiger charge is -2.46. The molecule has 26 heavy (non-hydrogen) atoms. The fourth-order valence-electron chi connectivity index (χ4n) is 3.53. The van der Waals surface area contributed by atoms with Crippen molar-refractivity contribution in [3.8, 4) is 5.75 Å². The summed E-state index contributed by atoms with van der Waals surface area (Å²) in [6.45, 7) is 4.40. The van der Waals surface area contributed by atoms with Crippen LogP contribution in [0.2, 0.25) is 0 Å². The normalized spacial score (nSPS) is 20.9. The van der Waals surface area contributed by atoms with Gasteiger partial charge in [0, 0.05) is 38.6 Å². The minimum atomic E-state index is -4.69. The summed E-state index contributed by atoms with van der Waals surface area (Å²) < 4.78 is 40.8. The van der Waals surface area contributed by atoms with Crippen LogP contribution in [0.1, 0.15) is 30.7 Å². The molecule has 1 saturated heterocycles. The molecule has 2 N–H and O–H groups in total. The van der Waals surface area contributed by atoms with Crippen LogP contribution in [0.5, 0.6) is 5.75 Å². The first kappa shape index (κ1) is 23.3. The van der Waals surface area contributed by atoms with Gasteiger partial charge in [0.1, 0.15) is 5.75 Å². The van der Waals surface area contributed by atoms with Crippen molar-refractivity contribution in [2.75, 3.05) is 32.7 Å². The van der Waals surface area contributed by atoms with Gasteiger partial charge in [0.05, 0.1) is 5.60 Å². The Morgan fingerprint density at radius 2 is 1.69 bits per heavy atom. The van der Waals surface area contributed by atoms with Crippen molar-refractivity contribution in [3.05, 3.63) is 29.8 Å². The van der Waals surface area contributed by atoms with E-state index >= 15 is 0 Å². The molecule has 2 aliphatic rings. The van der Waals surface area contributed by atoms with Crippen molar-refractivity contribution in [1.82, 2.24) is 10.2 Å². The largest absolute Gasteiger partial charge is 0.573 e. The molecule has 0 amide bonds. The van der Waals surface area contributed by atoms with Crippen LogP contribution in [-0.4, -0.2) is 54.7 Å². The van der Waals surface area contributed by atoms with Crippen molar-refractivity contribution >= 4 is 24.8 Å². The van der Waals surface area contributed by atoms with Gasteiger partial charge in [0.15, 0.2) is 0 Å². The lowest BCUT2D eigenvalue weighted by atomic mass is 9.68. The van der Waals surface area contributed by atoms with Crippen LogP contribution in [0.3, 0.4) is 0 Å². The molecule has 0 spiro atoms. The first-order valence-electron chi connectivity index (χ1n) is 8.37. The average molecular weight is 417 g/mol.